The van der Waals surface area contributed by atoms with Gasteiger partial charge in [0.25, 0.3) is 37.1 Å². The molecule has 0 saturated carbocycles. The van der Waals surface area contributed by atoms with Crippen LogP contribution in [0.3, 0.4) is 0 Å². The van der Waals surface area contributed by atoms with Crippen molar-refractivity contribution in [3.05, 3.63) is 0 Å². The average molecular weight is 1170 g/mol. The summed E-state index contributed by atoms with van der Waals surface area (Å²) in [7, 11) is -35.5. The maximum Gasteiger partial charge on any atom is 0.315 e. The second kappa shape index (κ2) is 25.0. The SMILES string of the molecule is C[SiH](O[SiH](C)O[SiH](C)O[Si](C)(CCCOCC1CO1)O[Si](C)(C)C)O[SiH](C)O[Si](C)(C)O[Si](C)(C)O[Si](C)(C)O[Si](C)(C)O[Si](C)(C)O[Si](C)(C)O[Si](C)(C)O[Si](C)(C)O[Si](C)(C)C. The van der Waals surface area contributed by atoms with Gasteiger partial charge in [0.15, 0.2) is 16.6 Å². The number of epoxide rings is 1. The first-order valence-corrected chi connectivity index (χ1v) is 63.3. The van der Waals surface area contributed by atoms with Crippen molar-refractivity contribution in [2.24, 2.45) is 0 Å². The quantitative estimate of drug-likeness (QED) is 0.0343. The van der Waals surface area contributed by atoms with E-state index in [9.17, 15) is 0 Å². The Labute approximate surface area is 410 Å². The molecule has 64 heavy (non-hydrogen) atoms. The van der Waals surface area contributed by atoms with Crippen LogP contribution in [0.15, 0.2) is 0 Å². The lowest BCUT2D eigenvalue weighted by atomic mass is 10.5. The zero-order valence-electron chi connectivity index (χ0n) is 45.5. The monoisotopic (exact) mass is 1170 g/mol. The van der Waals surface area contributed by atoms with Crippen molar-refractivity contribution < 1.29 is 67.1 Å². The van der Waals surface area contributed by atoms with E-state index < -0.39 is 131 Å². The van der Waals surface area contributed by atoms with E-state index in [1.165, 1.54) is 0 Å². The van der Waals surface area contributed by atoms with Crippen molar-refractivity contribution in [1.82, 2.24) is 0 Å². The fraction of sp³-hybridized carbons (Fsp3) is 1.00. The second-order valence-electron chi connectivity index (χ2n) is 22.5. The van der Waals surface area contributed by atoms with E-state index in [4.69, 9.17) is 67.1 Å². The van der Waals surface area contributed by atoms with Crippen molar-refractivity contribution in [2.45, 2.75) is 195 Å². The van der Waals surface area contributed by atoms with Crippen LogP contribution in [-0.4, -0.2) is 157 Å². The molecule has 1 fully saturated rings. The summed E-state index contributed by atoms with van der Waals surface area (Å²) in [5.74, 6) is 0. The Morgan fingerprint density at radius 3 is 1.02 bits per heavy atom. The molecule has 31 heteroatoms. The maximum absolute atomic E-state index is 6.84. The molecule has 0 radical (unpaired) electrons. The van der Waals surface area contributed by atoms with Crippen LogP contribution in [0.25, 0.3) is 0 Å². The van der Waals surface area contributed by atoms with Crippen molar-refractivity contribution >= 4 is 131 Å². The fourth-order valence-electron chi connectivity index (χ4n) is 8.39. The summed E-state index contributed by atoms with van der Waals surface area (Å²) in [5, 5.41) is 0. The maximum atomic E-state index is 6.84. The van der Waals surface area contributed by atoms with Gasteiger partial charge in [0.05, 0.1) is 13.2 Å². The van der Waals surface area contributed by atoms with Crippen LogP contribution in [0.4, 0.5) is 0 Å². The predicted molar refractivity (Wildman–Crippen MR) is 295 cm³/mol. The van der Waals surface area contributed by atoms with Crippen molar-refractivity contribution in [2.75, 3.05) is 19.8 Å². The first kappa shape index (κ1) is 64.6. The molecule has 0 aromatic carbocycles. The molecule has 1 heterocycles. The van der Waals surface area contributed by atoms with Gasteiger partial charge in [0, 0.05) is 6.61 Å². The summed E-state index contributed by atoms with van der Waals surface area (Å²) in [6.07, 6.45) is 1.16. The van der Waals surface area contributed by atoms with Gasteiger partial charge in [0.2, 0.25) is 0 Å². The number of ether oxygens (including phenoxy) is 2. The molecule has 1 saturated heterocycles. The summed E-state index contributed by atoms with van der Waals surface area (Å²) in [6.45, 7) is 58.9. The molecule has 0 aromatic heterocycles. The van der Waals surface area contributed by atoms with Gasteiger partial charge < -0.3 is 67.1 Å². The highest BCUT2D eigenvalue weighted by molar-refractivity contribution is 6.93. The minimum atomic E-state index is -2.75. The molecule has 6 unspecified atom stereocenters. The molecular formula is C33H96O16Si15. The second-order valence-corrected chi connectivity index (χ2v) is 73.2. The fourth-order valence-corrected chi connectivity index (χ4v) is 74.9. The van der Waals surface area contributed by atoms with Gasteiger partial charge >= 0.3 is 77.0 Å². The van der Waals surface area contributed by atoms with E-state index in [0.29, 0.717) is 13.2 Å². The molecule has 384 valence electrons. The van der Waals surface area contributed by atoms with E-state index >= 15 is 0 Å². The van der Waals surface area contributed by atoms with E-state index in [1.54, 1.807) is 0 Å². The highest BCUT2D eigenvalue weighted by Crippen LogP contribution is 2.31. The van der Waals surface area contributed by atoms with Gasteiger partial charge in [-0.15, -0.1) is 0 Å². The zero-order chi connectivity index (χ0) is 50.2. The van der Waals surface area contributed by atoms with Gasteiger partial charge in [-0.05, 0) is 189 Å². The van der Waals surface area contributed by atoms with Gasteiger partial charge in [-0.2, -0.15) is 0 Å². The standard InChI is InChI=1S/C33H96O16Si15/c1-50(36-51(2)38-53(4)40-64(27,42-55(8,9)10)30-28-29-34-31-33-32-35-33)37-52(3)39-56(11,12)43-58(15,16)45-60(19,20)47-62(23,24)49-63(25,26)48-61(21,22)46-59(17,18)44-57(13,14)41-54(5,6)7/h33,50-53H,28-32H2,1-27H3. The Morgan fingerprint density at radius 2 is 0.688 bits per heavy atom. The third-order valence-corrected chi connectivity index (χ3v) is 61.7. The summed E-state index contributed by atoms with van der Waals surface area (Å²) in [6, 6.07) is 0.861. The lowest BCUT2D eigenvalue weighted by Gasteiger charge is -2.44. The summed E-state index contributed by atoms with van der Waals surface area (Å²) in [5.41, 5.74) is 0. The molecule has 0 aliphatic carbocycles. The van der Waals surface area contributed by atoms with Gasteiger partial charge in [-0.3, -0.25) is 0 Å². The Balaban J connectivity index is 2.74. The first-order valence-electron chi connectivity index (χ1n) is 23.0. The molecule has 6 atom stereocenters. The van der Waals surface area contributed by atoms with Crippen LogP contribution < -0.4 is 0 Å². The molecule has 0 aromatic rings. The minimum Gasteiger partial charge on any atom is -0.437 e. The molecule has 1 rings (SSSR count). The highest BCUT2D eigenvalue weighted by Gasteiger charge is 2.50. The van der Waals surface area contributed by atoms with E-state index in [1.807, 2.05) is 13.1 Å². The van der Waals surface area contributed by atoms with Crippen LogP contribution in [0.2, 0.25) is 183 Å². The Kier molecular flexibility index (Phi) is 25.3. The Morgan fingerprint density at radius 1 is 0.391 bits per heavy atom. The largest absolute Gasteiger partial charge is 0.437 e. The number of rotatable bonds is 34. The van der Waals surface area contributed by atoms with E-state index in [-0.39, 0.29) is 6.10 Å². The lowest BCUT2D eigenvalue weighted by Crippen LogP contribution is -2.62. The molecule has 0 amide bonds. The molecule has 1 aliphatic rings. The van der Waals surface area contributed by atoms with Crippen molar-refractivity contribution in [1.29, 1.82) is 0 Å². The zero-order valence-corrected chi connectivity index (χ0v) is 61.1. The van der Waals surface area contributed by atoms with Crippen LogP contribution in [0.1, 0.15) is 6.42 Å². The van der Waals surface area contributed by atoms with Crippen molar-refractivity contribution in [3.8, 4) is 0 Å². The molecule has 0 N–H and O–H groups in total. The van der Waals surface area contributed by atoms with Crippen LogP contribution >= 0.6 is 0 Å². The Hall–Kier alpha value is 2.61. The Bertz CT molecular complexity index is 1400. The van der Waals surface area contributed by atoms with Crippen LogP contribution in [0, 0.1) is 0 Å². The third kappa shape index (κ3) is 31.8. The van der Waals surface area contributed by atoms with Gasteiger partial charge in [-0.25, -0.2) is 0 Å². The number of hydrogen-bond acceptors (Lipinski definition) is 16. The lowest BCUT2D eigenvalue weighted by molar-refractivity contribution is 0.116. The molecule has 16 nitrogen and oxygen atoms in total. The van der Waals surface area contributed by atoms with Crippen molar-refractivity contribution in [3.63, 3.8) is 0 Å². The minimum absolute atomic E-state index is 0.271. The van der Waals surface area contributed by atoms with Crippen LogP contribution in [0.5, 0.6) is 0 Å². The highest BCUT2D eigenvalue weighted by atomic mass is 28.5. The average Bonchev–Trinajstić information content (AvgIpc) is 3.73. The normalized spacial score (nSPS) is 19.6. The third-order valence-electron chi connectivity index (χ3n) is 8.16. The smallest absolute Gasteiger partial charge is 0.315 e. The van der Waals surface area contributed by atoms with Crippen LogP contribution in [-0.2, 0) is 67.1 Å². The molecular weight excluding hydrogens is 1070 g/mol. The van der Waals surface area contributed by atoms with Gasteiger partial charge in [-0.1, -0.05) is 0 Å². The topological polar surface area (TPSA) is 151 Å². The first-order chi connectivity index (χ1) is 28.2. The molecule has 0 bridgehead atoms. The summed E-state index contributed by atoms with van der Waals surface area (Å²) < 4.78 is 104. The van der Waals surface area contributed by atoms with E-state index in [2.05, 4.69) is 164 Å². The van der Waals surface area contributed by atoms with Gasteiger partial charge in [0.1, 0.15) is 6.10 Å². The molecule has 0 spiro atoms. The van der Waals surface area contributed by atoms with E-state index in [0.717, 1.165) is 19.1 Å². The predicted octanol–water partition coefficient (Wildman–Crippen LogP) is 8.78. The number of hydrogen-bond donors (Lipinski definition) is 0. The summed E-state index contributed by atoms with van der Waals surface area (Å²) in [4.78, 5) is 0. The molecule has 1 aliphatic heterocycles. The summed E-state index contributed by atoms with van der Waals surface area (Å²) >= 11 is 0.